The Hall–Kier alpha value is -1.20. The van der Waals surface area contributed by atoms with Crippen LogP contribution < -0.4 is 10.5 Å². The van der Waals surface area contributed by atoms with Gasteiger partial charge in [0.15, 0.2) is 11.6 Å². The van der Waals surface area contributed by atoms with Crippen molar-refractivity contribution in [1.82, 2.24) is 0 Å². The van der Waals surface area contributed by atoms with Crippen LogP contribution in [0.1, 0.15) is 18.4 Å². The van der Waals surface area contributed by atoms with Gasteiger partial charge in [-0.25, -0.2) is 8.78 Å². The van der Waals surface area contributed by atoms with Crippen molar-refractivity contribution in [2.24, 2.45) is 5.73 Å². The molecule has 1 fully saturated rings. The van der Waals surface area contributed by atoms with E-state index < -0.39 is 23.2 Å². The Morgan fingerprint density at radius 3 is 2.59 bits per heavy atom. The van der Waals surface area contributed by atoms with Crippen LogP contribution in [-0.2, 0) is 5.41 Å². The van der Waals surface area contributed by atoms with Crippen molar-refractivity contribution in [1.29, 1.82) is 0 Å². The summed E-state index contributed by atoms with van der Waals surface area (Å²) >= 11 is 0. The molecule has 0 aliphatic heterocycles. The zero-order chi connectivity index (χ0) is 12.6. The predicted molar refractivity (Wildman–Crippen MR) is 58.9 cm³/mol. The van der Waals surface area contributed by atoms with Crippen molar-refractivity contribution < 1.29 is 18.6 Å². The highest BCUT2D eigenvalue weighted by Crippen LogP contribution is 2.47. The van der Waals surface area contributed by atoms with Gasteiger partial charge in [0.2, 0.25) is 0 Å². The van der Waals surface area contributed by atoms with E-state index in [1.807, 2.05) is 0 Å². The monoisotopic (exact) mass is 243 g/mol. The Morgan fingerprint density at radius 2 is 2.12 bits per heavy atom. The van der Waals surface area contributed by atoms with Gasteiger partial charge < -0.3 is 15.6 Å². The molecule has 0 heterocycles. The Morgan fingerprint density at radius 1 is 1.47 bits per heavy atom. The molecule has 94 valence electrons. The first-order valence-corrected chi connectivity index (χ1v) is 5.44. The molecular formula is C12H15F2NO2. The minimum Gasteiger partial charge on any atom is -0.493 e. The van der Waals surface area contributed by atoms with E-state index in [0.717, 1.165) is 6.07 Å². The van der Waals surface area contributed by atoms with Crippen LogP contribution in [0.2, 0.25) is 0 Å². The highest BCUT2D eigenvalue weighted by atomic mass is 19.1. The highest BCUT2D eigenvalue weighted by molar-refractivity contribution is 5.43. The number of methoxy groups -OCH3 is 1. The number of hydrogen-bond donors (Lipinski definition) is 2. The molecule has 0 radical (unpaired) electrons. The molecule has 1 aliphatic carbocycles. The van der Waals surface area contributed by atoms with Crippen LogP contribution in [0.5, 0.6) is 5.75 Å². The van der Waals surface area contributed by atoms with Gasteiger partial charge in [-0.15, -0.1) is 0 Å². The summed E-state index contributed by atoms with van der Waals surface area (Å²) in [6.07, 6.45) is 0.348. The molecule has 1 aromatic rings. The molecule has 0 atom stereocenters. The van der Waals surface area contributed by atoms with E-state index in [0.29, 0.717) is 18.4 Å². The van der Waals surface area contributed by atoms with Gasteiger partial charge in [0.05, 0.1) is 13.2 Å². The van der Waals surface area contributed by atoms with Gasteiger partial charge in [-0.05, 0) is 18.9 Å². The lowest BCUT2D eigenvalue weighted by molar-refractivity contribution is 0.0206. The summed E-state index contributed by atoms with van der Waals surface area (Å²) in [5.41, 5.74) is 5.51. The third-order valence-corrected chi connectivity index (χ3v) is 3.43. The van der Waals surface area contributed by atoms with E-state index in [1.54, 1.807) is 0 Å². The van der Waals surface area contributed by atoms with E-state index >= 15 is 0 Å². The summed E-state index contributed by atoms with van der Waals surface area (Å²) in [6.45, 7) is 0.226. The average molecular weight is 243 g/mol. The standard InChI is InChI=1S/C12H15F2NO2/c1-17-11-9(2-7(13)3-10(11)14)12(6-15)4-8(16)5-12/h2-3,8,16H,4-6,15H2,1H3. The van der Waals surface area contributed by atoms with Crippen LogP contribution in [0.15, 0.2) is 12.1 Å². The maximum atomic E-state index is 13.6. The molecule has 3 nitrogen and oxygen atoms in total. The second kappa shape index (κ2) is 4.23. The number of rotatable bonds is 3. The highest BCUT2D eigenvalue weighted by Gasteiger charge is 2.46. The van der Waals surface area contributed by atoms with E-state index in [9.17, 15) is 13.9 Å². The van der Waals surface area contributed by atoms with E-state index in [4.69, 9.17) is 10.5 Å². The quantitative estimate of drug-likeness (QED) is 0.842. The Kier molecular flexibility index (Phi) is 3.05. The molecule has 1 saturated carbocycles. The van der Waals surface area contributed by atoms with Crippen LogP contribution in [0, 0.1) is 11.6 Å². The normalized spacial score (nSPS) is 27.7. The van der Waals surface area contributed by atoms with Crippen LogP contribution >= 0.6 is 0 Å². The summed E-state index contributed by atoms with van der Waals surface area (Å²) in [4.78, 5) is 0. The summed E-state index contributed by atoms with van der Waals surface area (Å²) in [5.74, 6) is -1.38. The second-order valence-corrected chi connectivity index (χ2v) is 4.51. The molecule has 2 rings (SSSR count). The fraction of sp³-hybridized carbons (Fsp3) is 0.500. The lowest BCUT2D eigenvalue weighted by Crippen LogP contribution is -2.50. The molecule has 0 aromatic heterocycles. The molecular weight excluding hydrogens is 228 g/mol. The van der Waals surface area contributed by atoms with Gasteiger partial charge in [0.1, 0.15) is 5.82 Å². The largest absolute Gasteiger partial charge is 0.493 e. The first-order valence-electron chi connectivity index (χ1n) is 5.44. The SMILES string of the molecule is COc1c(F)cc(F)cc1C1(CN)CC(O)C1. The first-order chi connectivity index (χ1) is 8.02. The Labute approximate surface area is 98.2 Å². The zero-order valence-corrected chi connectivity index (χ0v) is 9.54. The number of hydrogen-bond acceptors (Lipinski definition) is 3. The average Bonchev–Trinajstić information content (AvgIpc) is 2.23. The molecule has 0 unspecified atom stereocenters. The van der Waals surface area contributed by atoms with Crippen molar-refractivity contribution in [3.63, 3.8) is 0 Å². The number of ether oxygens (including phenoxy) is 1. The smallest absolute Gasteiger partial charge is 0.168 e. The van der Waals surface area contributed by atoms with E-state index in [1.165, 1.54) is 13.2 Å². The Balaban J connectivity index is 2.50. The number of aliphatic hydroxyl groups excluding tert-OH is 1. The molecule has 0 amide bonds. The third kappa shape index (κ3) is 1.89. The number of halogens is 2. The lowest BCUT2D eigenvalue weighted by Gasteiger charge is -2.45. The number of benzene rings is 1. The number of nitrogens with two attached hydrogens (primary N) is 1. The van der Waals surface area contributed by atoms with Gasteiger partial charge >= 0.3 is 0 Å². The maximum Gasteiger partial charge on any atom is 0.168 e. The molecule has 0 spiro atoms. The van der Waals surface area contributed by atoms with Gasteiger partial charge in [0.25, 0.3) is 0 Å². The van der Waals surface area contributed by atoms with E-state index in [2.05, 4.69) is 0 Å². The Bertz CT molecular complexity index is 431. The molecule has 1 aromatic carbocycles. The molecule has 17 heavy (non-hydrogen) atoms. The van der Waals surface area contributed by atoms with Gasteiger partial charge in [-0.3, -0.25) is 0 Å². The van der Waals surface area contributed by atoms with Crippen molar-refractivity contribution in [2.75, 3.05) is 13.7 Å². The zero-order valence-electron chi connectivity index (χ0n) is 9.54. The fourth-order valence-corrected chi connectivity index (χ4v) is 2.50. The second-order valence-electron chi connectivity index (χ2n) is 4.51. The summed E-state index contributed by atoms with van der Waals surface area (Å²) in [7, 11) is 1.33. The minimum atomic E-state index is -0.739. The molecule has 5 heteroatoms. The molecule has 1 aliphatic rings. The molecule has 3 N–H and O–H groups in total. The topological polar surface area (TPSA) is 55.5 Å². The minimum absolute atomic E-state index is 0.0174. The van der Waals surface area contributed by atoms with Gasteiger partial charge in [0, 0.05) is 23.6 Å². The first kappa shape index (κ1) is 12.3. The van der Waals surface area contributed by atoms with Crippen molar-refractivity contribution in [3.05, 3.63) is 29.3 Å². The van der Waals surface area contributed by atoms with Crippen LogP contribution in [0.25, 0.3) is 0 Å². The predicted octanol–water partition coefficient (Wildman–Crippen LogP) is 1.32. The summed E-state index contributed by atoms with van der Waals surface area (Å²) in [6, 6.07) is 2.02. The summed E-state index contributed by atoms with van der Waals surface area (Å²) in [5, 5.41) is 9.39. The van der Waals surface area contributed by atoms with Crippen LogP contribution in [0.4, 0.5) is 8.78 Å². The van der Waals surface area contributed by atoms with Crippen LogP contribution in [0.3, 0.4) is 0 Å². The fourth-order valence-electron chi connectivity index (χ4n) is 2.50. The maximum absolute atomic E-state index is 13.6. The van der Waals surface area contributed by atoms with E-state index in [-0.39, 0.29) is 12.3 Å². The van der Waals surface area contributed by atoms with Crippen LogP contribution in [-0.4, -0.2) is 24.9 Å². The van der Waals surface area contributed by atoms with Gasteiger partial charge in [-0.2, -0.15) is 0 Å². The molecule has 0 bridgehead atoms. The third-order valence-electron chi connectivity index (χ3n) is 3.43. The van der Waals surface area contributed by atoms with Crippen molar-refractivity contribution in [2.45, 2.75) is 24.4 Å². The molecule has 0 saturated heterocycles. The lowest BCUT2D eigenvalue weighted by atomic mass is 9.62. The summed E-state index contributed by atoms with van der Waals surface area (Å²) < 4.78 is 31.8. The number of aliphatic hydroxyl groups is 1. The van der Waals surface area contributed by atoms with Gasteiger partial charge in [-0.1, -0.05) is 0 Å². The van der Waals surface area contributed by atoms with Crippen molar-refractivity contribution >= 4 is 0 Å². The van der Waals surface area contributed by atoms with Crippen molar-refractivity contribution in [3.8, 4) is 5.75 Å².